The highest BCUT2D eigenvalue weighted by Gasteiger charge is 2.30. The number of halogens is 3. The quantitative estimate of drug-likeness (QED) is 0.802. The molecule has 0 saturated heterocycles. The molecule has 0 radical (unpaired) electrons. The summed E-state index contributed by atoms with van der Waals surface area (Å²) < 4.78 is 27.1. The molecule has 1 aliphatic rings. The zero-order valence-electron chi connectivity index (χ0n) is 9.56. The first kappa shape index (κ1) is 12.8. The molecule has 0 spiro atoms. The van der Waals surface area contributed by atoms with Crippen molar-refractivity contribution in [2.45, 2.75) is 31.6 Å². The van der Waals surface area contributed by atoms with E-state index in [2.05, 4.69) is 0 Å². The standard InChI is InChI=1S/C13H16ClF2N/c14-10-5-6-11(15)13(16)12(10)9-4-2-1-3-8(9)7-17/h5-6,8-9H,1-4,7,17H2. The summed E-state index contributed by atoms with van der Waals surface area (Å²) in [5.74, 6) is -1.47. The molecule has 94 valence electrons. The predicted molar refractivity (Wildman–Crippen MR) is 65.1 cm³/mol. The first-order valence-corrected chi connectivity index (χ1v) is 6.36. The molecule has 0 heterocycles. The second kappa shape index (κ2) is 5.32. The molecule has 0 bridgehead atoms. The van der Waals surface area contributed by atoms with Crippen molar-refractivity contribution < 1.29 is 8.78 Å². The Labute approximate surface area is 105 Å². The Morgan fingerprint density at radius 1 is 1.24 bits per heavy atom. The van der Waals surface area contributed by atoms with Crippen LogP contribution in [0.25, 0.3) is 0 Å². The normalized spacial score (nSPS) is 24.9. The van der Waals surface area contributed by atoms with Gasteiger partial charge >= 0.3 is 0 Å². The lowest BCUT2D eigenvalue weighted by molar-refractivity contribution is 0.305. The molecule has 1 aromatic rings. The SMILES string of the molecule is NCC1CCCCC1c1c(Cl)ccc(F)c1F. The van der Waals surface area contributed by atoms with Gasteiger partial charge in [0.05, 0.1) is 0 Å². The molecule has 4 heteroatoms. The summed E-state index contributed by atoms with van der Waals surface area (Å²) in [6.07, 6.45) is 3.93. The molecule has 1 aliphatic carbocycles. The lowest BCUT2D eigenvalue weighted by Crippen LogP contribution is -2.26. The van der Waals surface area contributed by atoms with Crippen molar-refractivity contribution >= 4 is 11.6 Å². The third-order valence-electron chi connectivity index (χ3n) is 3.66. The molecule has 0 aliphatic heterocycles. The van der Waals surface area contributed by atoms with Crippen LogP contribution in [0.15, 0.2) is 12.1 Å². The van der Waals surface area contributed by atoms with Crippen molar-refractivity contribution in [1.82, 2.24) is 0 Å². The molecule has 2 atom stereocenters. The zero-order chi connectivity index (χ0) is 12.4. The van der Waals surface area contributed by atoms with E-state index in [0.29, 0.717) is 17.1 Å². The highest BCUT2D eigenvalue weighted by molar-refractivity contribution is 6.31. The first-order chi connectivity index (χ1) is 8.15. The summed E-state index contributed by atoms with van der Waals surface area (Å²) in [7, 11) is 0. The van der Waals surface area contributed by atoms with Crippen LogP contribution in [0, 0.1) is 17.6 Å². The van der Waals surface area contributed by atoms with Gasteiger partial charge in [0.2, 0.25) is 0 Å². The second-order valence-corrected chi connectivity index (χ2v) is 5.05. The Balaban J connectivity index is 2.41. The van der Waals surface area contributed by atoms with Crippen molar-refractivity contribution in [1.29, 1.82) is 0 Å². The van der Waals surface area contributed by atoms with Crippen molar-refractivity contribution in [3.05, 3.63) is 34.4 Å². The fourth-order valence-electron chi connectivity index (χ4n) is 2.75. The van der Waals surface area contributed by atoms with Gasteiger partial charge in [-0.1, -0.05) is 24.4 Å². The molecule has 1 fully saturated rings. The Morgan fingerprint density at radius 3 is 2.65 bits per heavy atom. The molecule has 0 aromatic heterocycles. The predicted octanol–water partition coefficient (Wildman–Crippen LogP) is 3.85. The van der Waals surface area contributed by atoms with Crippen LogP contribution in [0.2, 0.25) is 5.02 Å². The summed E-state index contributed by atoms with van der Waals surface area (Å²) in [6, 6.07) is 2.50. The summed E-state index contributed by atoms with van der Waals surface area (Å²) in [5.41, 5.74) is 6.03. The van der Waals surface area contributed by atoms with E-state index in [0.717, 1.165) is 31.7 Å². The molecule has 1 nitrogen and oxygen atoms in total. The van der Waals surface area contributed by atoms with Gasteiger partial charge in [0.15, 0.2) is 11.6 Å². The molecular weight excluding hydrogens is 244 g/mol. The maximum Gasteiger partial charge on any atom is 0.163 e. The molecule has 2 unspecified atom stereocenters. The lowest BCUT2D eigenvalue weighted by atomic mass is 9.75. The van der Waals surface area contributed by atoms with Crippen molar-refractivity contribution in [2.24, 2.45) is 11.7 Å². The molecular formula is C13H16ClF2N. The van der Waals surface area contributed by atoms with Gasteiger partial charge in [-0.05, 0) is 43.4 Å². The van der Waals surface area contributed by atoms with E-state index in [-0.39, 0.29) is 11.8 Å². The van der Waals surface area contributed by atoms with E-state index in [1.165, 1.54) is 6.07 Å². The highest BCUT2D eigenvalue weighted by Crippen LogP contribution is 2.41. The molecule has 17 heavy (non-hydrogen) atoms. The molecule has 1 aromatic carbocycles. The first-order valence-electron chi connectivity index (χ1n) is 5.98. The molecule has 2 N–H and O–H groups in total. The Bertz CT molecular complexity index is 409. The van der Waals surface area contributed by atoms with Crippen LogP contribution in [-0.2, 0) is 0 Å². The topological polar surface area (TPSA) is 26.0 Å². The molecule has 2 rings (SSSR count). The van der Waals surface area contributed by atoms with Crippen LogP contribution < -0.4 is 5.73 Å². The Morgan fingerprint density at radius 2 is 1.94 bits per heavy atom. The number of hydrogen-bond donors (Lipinski definition) is 1. The van der Waals surface area contributed by atoms with Gasteiger partial charge in [0.1, 0.15) is 0 Å². The molecule has 0 amide bonds. The average Bonchev–Trinajstić information content (AvgIpc) is 2.35. The van der Waals surface area contributed by atoms with E-state index in [4.69, 9.17) is 17.3 Å². The van der Waals surface area contributed by atoms with Gasteiger partial charge in [-0.15, -0.1) is 0 Å². The summed E-state index contributed by atoms with van der Waals surface area (Å²) in [5, 5.41) is 0.314. The van der Waals surface area contributed by atoms with E-state index in [1.54, 1.807) is 0 Å². The van der Waals surface area contributed by atoms with Gasteiger partial charge < -0.3 is 5.73 Å². The summed E-state index contributed by atoms with van der Waals surface area (Å²) >= 11 is 6.01. The average molecular weight is 260 g/mol. The van der Waals surface area contributed by atoms with Gasteiger partial charge in [-0.2, -0.15) is 0 Å². The van der Waals surface area contributed by atoms with Crippen LogP contribution >= 0.6 is 11.6 Å². The maximum absolute atomic E-state index is 13.9. The van der Waals surface area contributed by atoms with E-state index in [9.17, 15) is 8.78 Å². The van der Waals surface area contributed by atoms with Crippen LogP contribution in [-0.4, -0.2) is 6.54 Å². The minimum atomic E-state index is -0.828. The Hall–Kier alpha value is -0.670. The minimum absolute atomic E-state index is 0.0445. The highest BCUT2D eigenvalue weighted by atomic mass is 35.5. The van der Waals surface area contributed by atoms with Crippen molar-refractivity contribution in [3.63, 3.8) is 0 Å². The van der Waals surface area contributed by atoms with Crippen LogP contribution in [0.4, 0.5) is 8.78 Å². The van der Waals surface area contributed by atoms with Gasteiger partial charge in [-0.3, -0.25) is 0 Å². The fourth-order valence-corrected chi connectivity index (χ4v) is 3.04. The molecule has 1 saturated carbocycles. The summed E-state index contributed by atoms with van der Waals surface area (Å²) in [4.78, 5) is 0. The van der Waals surface area contributed by atoms with Crippen molar-refractivity contribution in [2.75, 3.05) is 6.54 Å². The monoisotopic (exact) mass is 259 g/mol. The van der Waals surface area contributed by atoms with Crippen molar-refractivity contribution in [3.8, 4) is 0 Å². The van der Waals surface area contributed by atoms with Gasteiger partial charge in [-0.25, -0.2) is 8.78 Å². The largest absolute Gasteiger partial charge is 0.330 e. The second-order valence-electron chi connectivity index (χ2n) is 4.64. The maximum atomic E-state index is 13.9. The smallest absolute Gasteiger partial charge is 0.163 e. The van der Waals surface area contributed by atoms with Crippen LogP contribution in [0.3, 0.4) is 0 Å². The van der Waals surface area contributed by atoms with Crippen LogP contribution in [0.5, 0.6) is 0 Å². The van der Waals surface area contributed by atoms with Crippen LogP contribution in [0.1, 0.15) is 37.2 Å². The number of benzene rings is 1. The number of hydrogen-bond acceptors (Lipinski definition) is 1. The minimum Gasteiger partial charge on any atom is -0.330 e. The van der Waals surface area contributed by atoms with E-state index >= 15 is 0 Å². The third kappa shape index (κ3) is 2.45. The fraction of sp³-hybridized carbons (Fsp3) is 0.538. The van der Waals surface area contributed by atoms with E-state index < -0.39 is 11.6 Å². The summed E-state index contributed by atoms with van der Waals surface area (Å²) in [6.45, 7) is 0.497. The van der Waals surface area contributed by atoms with Gasteiger partial charge in [0.25, 0.3) is 0 Å². The zero-order valence-corrected chi connectivity index (χ0v) is 10.3. The third-order valence-corrected chi connectivity index (χ3v) is 3.99. The Kier molecular flexibility index (Phi) is 4.00. The van der Waals surface area contributed by atoms with Gasteiger partial charge in [0, 0.05) is 10.6 Å². The van der Waals surface area contributed by atoms with E-state index in [1.807, 2.05) is 0 Å². The number of nitrogens with two attached hydrogens (primary N) is 1. The number of rotatable bonds is 2. The lowest BCUT2D eigenvalue weighted by Gasteiger charge is -2.31.